The van der Waals surface area contributed by atoms with Crippen molar-refractivity contribution in [2.24, 2.45) is 10.9 Å². The number of hydrogen-bond donors (Lipinski definition) is 0. The predicted molar refractivity (Wildman–Crippen MR) is 99.7 cm³/mol. The van der Waals surface area contributed by atoms with E-state index in [-0.39, 0.29) is 18.3 Å². The van der Waals surface area contributed by atoms with Crippen LogP contribution >= 0.6 is 11.3 Å². The highest BCUT2D eigenvalue weighted by Crippen LogP contribution is 2.21. The summed E-state index contributed by atoms with van der Waals surface area (Å²) < 4.78 is 40.8. The van der Waals surface area contributed by atoms with Crippen LogP contribution in [0.25, 0.3) is 10.2 Å². The Bertz CT molecular complexity index is 1020. The van der Waals surface area contributed by atoms with Gasteiger partial charge in [0.2, 0.25) is 10.0 Å². The van der Waals surface area contributed by atoms with Gasteiger partial charge in [-0.05, 0) is 31.0 Å². The van der Waals surface area contributed by atoms with Gasteiger partial charge < -0.3 is 4.57 Å². The molecule has 0 radical (unpaired) electrons. The Labute approximate surface area is 155 Å². The SMILES string of the molecule is C=CCn1c(=NC(=O)C2CCCN(S(C)(=O)=O)C2)sc2cc(F)ccc21. The number of rotatable bonds is 4. The first-order valence-corrected chi connectivity index (χ1v) is 10.9. The first-order chi connectivity index (χ1) is 12.3. The average Bonchev–Trinajstić information content (AvgIpc) is 2.91. The summed E-state index contributed by atoms with van der Waals surface area (Å²) in [7, 11) is -3.33. The van der Waals surface area contributed by atoms with E-state index in [1.807, 2.05) is 4.57 Å². The van der Waals surface area contributed by atoms with Gasteiger partial charge in [0, 0.05) is 19.6 Å². The Balaban J connectivity index is 1.97. The Morgan fingerprint density at radius 2 is 2.27 bits per heavy atom. The Morgan fingerprint density at radius 1 is 1.50 bits per heavy atom. The van der Waals surface area contributed by atoms with Gasteiger partial charge in [-0.15, -0.1) is 6.58 Å². The molecule has 1 unspecified atom stereocenters. The van der Waals surface area contributed by atoms with Crippen LogP contribution < -0.4 is 4.80 Å². The minimum absolute atomic E-state index is 0.155. The van der Waals surface area contributed by atoms with Crippen LogP contribution in [0.4, 0.5) is 4.39 Å². The molecule has 6 nitrogen and oxygen atoms in total. The van der Waals surface area contributed by atoms with Gasteiger partial charge in [0.05, 0.1) is 22.4 Å². The fraction of sp³-hybridized carbons (Fsp3) is 0.412. The third-order valence-corrected chi connectivity index (χ3v) is 6.68. The van der Waals surface area contributed by atoms with Gasteiger partial charge in [-0.1, -0.05) is 17.4 Å². The number of carbonyl (C=O) groups excluding carboxylic acids is 1. The zero-order valence-electron chi connectivity index (χ0n) is 14.4. The topological polar surface area (TPSA) is 71.7 Å². The zero-order valence-corrected chi connectivity index (χ0v) is 16.0. The highest BCUT2D eigenvalue weighted by atomic mass is 32.2. The van der Waals surface area contributed by atoms with Crippen molar-refractivity contribution in [3.63, 3.8) is 0 Å². The van der Waals surface area contributed by atoms with Crippen molar-refractivity contribution in [2.45, 2.75) is 19.4 Å². The van der Waals surface area contributed by atoms with Crippen LogP contribution in [0.15, 0.2) is 35.8 Å². The van der Waals surface area contributed by atoms with Crippen molar-refractivity contribution in [3.8, 4) is 0 Å². The normalized spacial score (nSPS) is 19.8. The van der Waals surface area contributed by atoms with E-state index in [9.17, 15) is 17.6 Å². The van der Waals surface area contributed by atoms with Crippen LogP contribution in [-0.4, -0.2) is 42.5 Å². The largest absolute Gasteiger partial charge is 0.313 e. The summed E-state index contributed by atoms with van der Waals surface area (Å²) >= 11 is 1.23. The minimum atomic E-state index is -3.33. The second-order valence-corrected chi connectivity index (χ2v) is 9.30. The maximum atomic E-state index is 13.5. The molecule has 26 heavy (non-hydrogen) atoms. The molecule has 0 aliphatic carbocycles. The number of carbonyl (C=O) groups is 1. The number of halogens is 1. The molecule has 1 fully saturated rings. The van der Waals surface area contributed by atoms with Crippen molar-refractivity contribution in [1.29, 1.82) is 0 Å². The number of fused-ring (bicyclic) bond motifs is 1. The van der Waals surface area contributed by atoms with Gasteiger partial charge in [-0.2, -0.15) is 4.99 Å². The molecule has 1 aromatic carbocycles. The van der Waals surface area contributed by atoms with Crippen LogP contribution in [0.1, 0.15) is 12.8 Å². The molecule has 0 saturated carbocycles. The van der Waals surface area contributed by atoms with Gasteiger partial charge >= 0.3 is 0 Å². The molecule has 0 N–H and O–H groups in total. The van der Waals surface area contributed by atoms with Gasteiger partial charge in [0.1, 0.15) is 5.82 Å². The summed E-state index contributed by atoms with van der Waals surface area (Å²) in [5.74, 6) is -1.15. The molecule has 1 aromatic heterocycles. The van der Waals surface area contributed by atoms with E-state index in [0.29, 0.717) is 35.4 Å². The number of amides is 1. The highest BCUT2D eigenvalue weighted by Gasteiger charge is 2.30. The van der Waals surface area contributed by atoms with Crippen molar-refractivity contribution >= 4 is 37.5 Å². The molecule has 9 heteroatoms. The van der Waals surface area contributed by atoms with Crippen molar-refractivity contribution in [1.82, 2.24) is 8.87 Å². The zero-order chi connectivity index (χ0) is 18.9. The number of hydrogen-bond acceptors (Lipinski definition) is 4. The summed E-state index contributed by atoms with van der Waals surface area (Å²) in [6, 6.07) is 4.43. The first-order valence-electron chi connectivity index (χ1n) is 8.23. The molecule has 0 spiro atoms. The van der Waals surface area contributed by atoms with Crippen LogP contribution in [0.2, 0.25) is 0 Å². The molecular formula is C17H20FN3O3S2. The molecule has 3 rings (SSSR count). The molecule has 1 aliphatic heterocycles. The summed E-state index contributed by atoms with van der Waals surface area (Å²) in [5, 5.41) is 0. The lowest BCUT2D eigenvalue weighted by Gasteiger charge is -2.28. The van der Waals surface area contributed by atoms with Crippen LogP contribution in [0, 0.1) is 11.7 Å². The van der Waals surface area contributed by atoms with Crippen molar-refractivity contribution in [3.05, 3.63) is 41.5 Å². The van der Waals surface area contributed by atoms with E-state index in [1.54, 1.807) is 12.1 Å². The molecule has 2 aromatic rings. The number of sulfonamides is 1. The molecule has 1 saturated heterocycles. The average molecular weight is 397 g/mol. The number of benzene rings is 1. The summed E-state index contributed by atoms with van der Waals surface area (Å²) in [6.45, 7) is 4.75. The summed E-state index contributed by atoms with van der Waals surface area (Å²) in [4.78, 5) is 17.3. The monoisotopic (exact) mass is 397 g/mol. The highest BCUT2D eigenvalue weighted by molar-refractivity contribution is 7.88. The Morgan fingerprint density at radius 3 is 2.96 bits per heavy atom. The van der Waals surface area contributed by atoms with Crippen LogP contribution in [-0.2, 0) is 21.4 Å². The summed E-state index contributed by atoms with van der Waals surface area (Å²) in [5.41, 5.74) is 0.782. The number of piperidine rings is 1. The second-order valence-electron chi connectivity index (χ2n) is 6.31. The lowest BCUT2D eigenvalue weighted by atomic mass is 9.99. The molecular weight excluding hydrogens is 377 g/mol. The van der Waals surface area contributed by atoms with E-state index in [0.717, 1.165) is 11.8 Å². The third kappa shape index (κ3) is 3.94. The van der Waals surface area contributed by atoms with E-state index < -0.39 is 15.9 Å². The minimum Gasteiger partial charge on any atom is -0.313 e. The summed E-state index contributed by atoms with van der Waals surface area (Å²) in [6.07, 6.45) is 4.07. The molecule has 0 bridgehead atoms. The first kappa shape index (κ1) is 18.9. The maximum Gasteiger partial charge on any atom is 0.252 e. The van der Waals surface area contributed by atoms with E-state index in [2.05, 4.69) is 11.6 Å². The van der Waals surface area contributed by atoms with E-state index >= 15 is 0 Å². The standard InChI is InChI=1S/C17H20FN3O3S2/c1-3-8-21-14-7-6-13(18)10-15(14)25-17(21)19-16(22)12-5-4-9-20(11-12)26(2,23)24/h3,6-7,10,12H,1,4-5,8-9,11H2,2H3. The van der Waals surface area contributed by atoms with Crippen LogP contribution in [0.3, 0.4) is 0 Å². The predicted octanol–water partition coefficient (Wildman–Crippen LogP) is 2.13. The van der Waals surface area contributed by atoms with E-state index in [4.69, 9.17) is 0 Å². The van der Waals surface area contributed by atoms with Gasteiger partial charge in [0.25, 0.3) is 5.91 Å². The van der Waals surface area contributed by atoms with Gasteiger partial charge in [0.15, 0.2) is 4.80 Å². The number of aromatic nitrogens is 1. The van der Waals surface area contributed by atoms with Gasteiger partial charge in [-0.25, -0.2) is 17.1 Å². The fourth-order valence-electron chi connectivity index (χ4n) is 3.07. The lowest BCUT2D eigenvalue weighted by molar-refractivity contribution is -0.122. The number of allylic oxidation sites excluding steroid dienone is 1. The number of nitrogens with zero attached hydrogens (tertiary/aromatic N) is 3. The maximum absolute atomic E-state index is 13.5. The molecule has 140 valence electrons. The number of thiazole rings is 1. The lowest BCUT2D eigenvalue weighted by Crippen LogP contribution is -2.41. The molecule has 1 atom stereocenters. The third-order valence-electron chi connectivity index (χ3n) is 4.36. The Hall–Kier alpha value is -1.84. The molecule has 2 heterocycles. The quantitative estimate of drug-likeness (QED) is 0.742. The molecule has 1 amide bonds. The Kier molecular flexibility index (Phi) is 5.40. The smallest absolute Gasteiger partial charge is 0.252 e. The molecule has 1 aliphatic rings. The van der Waals surface area contributed by atoms with Crippen molar-refractivity contribution in [2.75, 3.05) is 19.3 Å². The second kappa shape index (κ2) is 7.42. The van der Waals surface area contributed by atoms with E-state index in [1.165, 1.54) is 27.8 Å². The van der Waals surface area contributed by atoms with Gasteiger partial charge in [-0.3, -0.25) is 4.79 Å². The van der Waals surface area contributed by atoms with Crippen LogP contribution in [0.5, 0.6) is 0 Å². The van der Waals surface area contributed by atoms with Crippen molar-refractivity contribution < 1.29 is 17.6 Å². The fourth-order valence-corrected chi connectivity index (χ4v) is 5.05.